The van der Waals surface area contributed by atoms with Crippen LogP contribution in [0.5, 0.6) is 0 Å². The van der Waals surface area contributed by atoms with E-state index in [0.717, 1.165) is 31.3 Å². The van der Waals surface area contributed by atoms with Crippen molar-refractivity contribution in [2.45, 2.75) is 39.5 Å². The third kappa shape index (κ3) is 4.81. The van der Waals surface area contributed by atoms with Gasteiger partial charge in [0.15, 0.2) is 0 Å². The van der Waals surface area contributed by atoms with Crippen molar-refractivity contribution < 1.29 is 4.79 Å². The number of carbonyl (C=O) groups is 1. The molecule has 1 aromatic carbocycles. The number of amides is 1. The van der Waals surface area contributed by atoms with E-state index in [1.165, 1.54) is 9.71 Å². The highest BCUT2D eigenvalue weighted by Gasteiger charge is 2.10. The molecular weight excluding hydrogens is 280 g/mol. The molecule has 0 spiro atoms. The van der Waals surface area contributed by atoms with Crippen molar-refractivity contribution in [1.82, 2.24) is 9.88 Å². The first-order valence-electron chi connectivity index (χ1n) is 7.64. The summed E-state index contributed by atoms with van der Waals surface area (Å²) in [7, 11) is 1.90. The van der Waals surface area contributed by atoms with Crippen molar-refractivity contribution in [3.63, 3.8) is 0 Å². The van der Waals surface area contributed by atoms with Crippen molar-refractivity contribution in [3.05, 3.63) is 29.3 Å². The quantitative estimate of drug-likeness (QED) is 0.721. The molecule has 0 atom stereocenters. The minimum Gasteiger partial charge on any atom is -0.346 e. The summed E-state index contributed by atoms with van der Waals surface area (Å²) in [5.74, 6) is 0.787. The number of carbonyl (C=O) groups excluding carboxylic acids is 1. The molecule has 2 aromatic rings. The van der Waals surface area contributed by atoms with Crippen LogP contribution in [0, 0.1) is 5.92 Å². The summed E-state index contributed by atoms with van der Waals surface area (Å²) in [6.45, 7) is 5.12. The second-order valence-electron chi connectivity index (χ2n) is 5.95. The normalized spacial score (nSPS) is 11.2. The van der Waals surface area contributed by atoms with Gasteiger partial charge < -0.3 is 4.90 Å². The summed E-state index contributed by atoms with van der Waals surface area (Å²) in [5.41, 5.74) is 1.09. The third-order valence-corrected chi connectivity index (χ3v) is 4.53. The van der Waals surface area contributed by atoms with Gasteiger partial charge in [0.2, 0.25) is 5.91 Å². The molecule has 2 rings (SSSR count). The molecule has 3 nitrogen and oxygen atoms in total. The van der Waals surface area contributed by atoms with Gasteiger partial charge in [-0.05, 0) is 37.3 Å². The minimum absolute atomic E-state index is 0.257. The highest BCUT2D eigenvalue weighted by molar-refractivity contribution is 7.18. The Balaban J connectivity index is 1.73. The lowest BCUT2D eigenvalue weighted by molar-refractivity contribution is -0.130. The van der Waals surface area contributed by atoms with Crippen LogP contribution in [0.25, 0.3) is 10.2 Å². The van der Waals surface area contributed by atoms with Crippen LogP contribution in [-0.2, 0) is 11.2 Å². The van der Waals surface area contributed by atoms with Gasteiger partial charge in [0.1, 0.15) is 0 Å². The zero-order valence-corrected chi connectivity index (χ0v) is 13.9. The third-order valence-electron chi connectivity index (χ3n) is 3.43. The van der Waals surface area contributed by atoms with Crippen LogP contribution < -0.4 is 0 Å². The molecule has 0 saturated heterocycles. The van der Waals surface area contributed by atoms with Crippen LogP contribution in [0.4, 0.5) is 0 Å². The topological polar surface area (TPSA) is 33.2 Å². The summed E-state index contributed by atoms with van der Waals surface area (Å²) in [6.07, 6.45) is 3.59. The lowest BCUT2D eigenvalue weighted by Crippen LogP contribution is -2.29. The molecule has 1 amide bonds. The Morgan fingerprint density at radius 3 is 2.76 bits per heavy atom. The average Bonchev–Trinajstić information content (AvgIpc) is 2.85. The van der Waals surface area contributed by atoms with Gasteiger partial charge in [0.05, 0.1) is 15.2 Å². The van der Waals surface area contributed by atoms with E-state index in [-0.39, 0.29) is 5.91 Å². The van der Waals surface area contributed by atoms with E-state index >= 15 is 0 Å². The molecule has 114 valence electrons. The molecule has 0 bridgehead atoms. The SMILES string of the molecule is CC(C)CN(C)C(=O)CCCCc1nc2ccccc2s1. The molecule has 0 N–H and O–H groups in total. The number of hydrogen-bond acceptors (Lipinski definition) is 3. The Morgan fingerprint density at radius 2 is 2.05 bits per heavy atom. The van der Waals surface area contributed by atoms with Gasteiger partial charge >= 0.3 is 0 Å². The van der Waals surface area contributed by atoms with Gasteiger partial charge in [-0.15, -0.1) is 11.3 Å². The molecule has 0 aliphatic carbocycles. The molecule has 0 unspecified atom stereocenters. The number of thiazole rings is 1. The number of nitrogens with zero attached hydrogens (tertiary/aromatic N) is 2. The van der Waals surface area contributed by atoms with E-state index in [1.54, 1.807) is 11.3 Å². The number of aromatic nitrogens is 1. The van der Waals surface area contributed by atoms with Crippen molar-refractivity contribution in [3.8, 4) is 0 Å². The lowest BCUT2D eigenvalue weighted by Gasteiger charge is -2.19. The molecule has 0 aliphatic rings. The van der Waals surface area contributed by atoms with Gasteiger partial charge in [0.25, 0.3) is 0 Å². The highest BCUT2D eigenvalue weighted by atomic mass is 32.1. The van der Waals surface area contributed by atoms with Crippen molar-refractivity contribution in [1.29, 1.82) is 0 Å². The molecular formula is C17H24N2OS. The first-order chi connectivity index (χ1) is 10.1. The maximum atomic E-state index is 11.9. The second-order valence-corrected chi connectivity index (χ2v) is 7.07. The first kappa shape index (κ1) is 16.0. The molecule has 0 saturated carbocycles. The monoisotopic (exact) mass is 304 g/mol. The van der Waals surface area contributed by atoms with Crippen molar-refractivity contribution >= 4 is 27.5 Å². The number of unbranched alkanes of at least 4 members (excludes halogenated alkanes) is 1. The maximum Gasteiger partial charge on any atom is 0.222 e. The summed E-state index contributed by atoms with van der Waals surface area (Å²) < 4.78 is 1.25. The van der Waals surface area contributed by atoms with E-state index in [1.807, 2.05) is 24.1 Å². The zero-order chi connectivity index (χ0) is 15.2. The number of hydrogen-bond donors (Lipinski definition) is 0. The Kier molecular flexibility index (Phi) is 5.74. The largest absolute Gasteiger partial charge is 0.346 e. The summed E-state index contributed by atoms with van der Waals surface area (Å²) >= 11 is 1.76. The molecule has 1 heterocycles. The van der Waals surface area contributed by atoms with Gasteiger partial charge in [0, 0.05) is 20.0 Å². The minimum atomic E-state index is 0.257. The smallest absolute Gasteiger partial charge is 0.222 e. The van der Waals surface area contributed by atoms with Crippen molar-refractivity contribution in [2.24, 2.45) is 5.92 Å². The standard InChI is InChI=1S/C17H24N2OS/c1-13(2)12-19(3)17(20)11-7-6-10-16-18-14-8-4-5-9-15(14)21-16/h4-5,8-9,13H,6-7,10-12H2,1-3H3. The Morgan fingerprint density at radius 1 is 1.29 bits per heavy atom. The van der Waals surface area contributed by atoms with E-state index in [2.05, 4.69) is 31.0 Å². The molecule has 0 aliphatic heterocycles. The molecule has 0 radical (unpaired) electrons. The number of aryl methyl sites for hydroxylation is 1. The molecule has 21 heavy (non-hydrogen) atoms. The van der Waals surface area contributed by atoms with E-state index in [4.69, 9.17) is 0 Å². The Hall–Kier alpha value is -1.42. The fourth-order valence-electron chi connectivity index (χ4n) is 2.42. The van der Waals surface area contributed by atoms with E-state index in [9.17, 15) is 4.79 Å². The van der Waals surface area contributed by atoms with E-state index < -0.39 is 0 Å². The van der Waals surface area contributed by atoms with Crippen LogP contribution in [0.3, 0.4) is 0 Å². The lowest BCUT2D eigenvalue weighted by atomic mass is 10.1. The van der Waals surface area contributed by atoms with Crippen molar-refractivity contribution in [2.75, 3.05) is 13.6 Å². The summed E-state index contributed by atoms with van der Waals surface area (Å²) in [6, 6.07) is 8.24. The molecule has 1 aromatic heterocycles. The Labute approximate surface area is 131 Å². The van der Waals surface area contributed by atoms with E-state index in [0.29, 0.717) is 12.3 Å². The summed E-state index contributed by atoms with van der Waals surface area (Å²) in [4.78, 5) is 18.4. The van der Waals surface area contributed by atoms with Gasteiger partial charge in [-0.3, -0.25) is 4.79 Å². The van der Waals surface area contributed by atoms with Crippen LogP contribution >= 0.6 is 11.3 Å². The second kappa shape index (κ2) is 7.55. The molecule has 0 fully saturated rings. The number of para-hydroxylation sites is 1. The number of benzene rings is 1. The van der Waals surface area contributed by atoms with Gasteiger partial charge in [-0.2, -0.15) is 0 Å². The zero-order valence-electron chi connectivity index (χ0n) is 13.1. The maximum absolute atomic E-state index is 11.9. The summed E-state index contributed by atoms with van der Waals surface area (Å²) in [5, 5.41) is 1.18. The molecule has 4 heteroatoms. The predicted molar refractivity (Wildman–Crippen MR) is 89.7 cm³/mol. The Bertz CT molecular complexity index is 558. The van der Waals surface area contributed by atoms with Gasteiger partial charge in [-0.1, -0.05) is 26.0 Å². The number of fused-ring (bicyclic) bond motifs is 1. The van der Waals surface area contributed by atoms with Crippen LogP contribution in [0.1, 0.15) is 38.1 Å². The van der Waals surface area contributed by atoms with Gasteiger partial charge in [-0.25, -0.2) is 4.98 Å². The predicted octanol–water partition coefficient (Wildman–Crippen LogP) is 4.12. The highest BCUT2D eigenvalue weighted by Crippen LogP contribution is 2.22. The first-order valence-corrected chi connectivity index (χ1v) is 8.46. The number of rotatable bonds is 7. The fourth-order valence-corrected chi connectivity index (χ4v) is 3.43. The van der Waals surface area contributed by atoms with Crippen LogP contribution in [0.2, 0.25) is 0 Å². The fraction of sp³-hybridized carbons (Fsp3) is 0.529. The van der Waals surface area contributed by atoms with Crippen LogP contribution in [-0.4, -0.2) is 29.4 Å². The average molecular weight is 304 g/mol. The van der Waals surface area contributed by atoms with Crippen LogP contribution in [0.15, 0.2) is 24.3 Å².